The molecule has 5 heteroatoms. The van der Waals surface area contributed by atoms with Crippen molar-refractivity contribution in [3.63, 3.8) is 0 Å². The average Bonchev–Trinajstić information content (AvgIpc) is 2.77. The monoisotopic (exact) mass is 268 g/mol. The Kier molecular flexibility index (Phi) is 4.09. The van der Waals surface area contributed by atoms with E-state index in [0.29, 0.717) is 10.6 Å². The van der Waals surface area contributed by atoms with Crippen LogP contribution < -0.4 is 11.1 Å². The minimum absolute atomic E-state index is 0.142. The Morgan fingerprint density at radius 1 is 1.50 bits per heavy atom. The highest BCUT2D eigenvalue weighted by molar-refractivity contribution is 6.33. The Morgan fingerprint density at radius 3 is 2.89 bits per heavy atom. The van der Waals surface area contributed by atoms with Crippen LogP contribution in [0.15, 0.2) is 18.2 Å². The molecule has 2 atom stereocenters. The Labute approximate surface area is 111 Å². The van der Waals surface area contributed by atoms with E-state index in [4.69, 9.17) is 17.3 Å². The summed E-state index contributed by atoms with van der Waals surface area (Å²) in [5.41, 5.74) is 7.22. The fourth-order valence-electron chi connectivity index (χ4n) is 2.25. The number of benzene rings is 1. The first-order valence-corrected chi connectivity index (χ1v) is 6.39. The summed E-state index contributed by atoms with van der Waals surface area (Å²) in [5.74, 6) is -0.370. The normalized spacial score (nSPS) is 22.8. The number of hydrogen-bond donors (Lipinski definition) is 2. The van der Waals surface area contributed by atoms with Crippen LogP contribution in [-0.4, -0.2) is 25.2 Å². The van der Waals surface area contributed by atoms with Crippen LogP contribution in [0.5, 0.6) is 0 Å². The van der Waals surface area contributed by atoms with Gasteiger partial charge in [-0.3, -0.25) is 0 Å². The minimum Gasteiger partial charge on any atom is -0.465 e. The fraction of sp³-hybridized carbons (Fsp3) is 0.462. The summed E-state index contributed by atoms with van der Waals surface area (Å²) >= 11 is 6.11. The van der Waals surface area contributed by atoms with E-state index in [1.165, 1.54) is 7.11 Å². The second-order valence-corrected chi connectivity index (χ2v) is 4.94. The van der Waals surface area contributed by atoms with Crippen LogP contribution in [0.4, 0.5) is 5.69 Å². The van der Waals surface area contributed by atoms with Crippen molar-refractivity contribution >= 4 is 23.3 Å². The molecule has 0 aromatic heterocycles. The van der Waals surface area contributed by atoms with Gasteiger partial charge in [-0.05, 0) is 37.5 Å². The second kappa shape index (κ2) is 5.59. The largest absolute Gasteiger partial charge is 0.465 e. The Bertz CT molecular complexity index is 451. The predicted molar refractivity (Wildman–Crippen MR) is 72.0 cm³/mol. The van der Waals surface area contributed by atoms with Crippen LogP contribution >= 0.6 is 11.6 Å². The molecule has 1 aromatic carbocycles. The molecule has 0 radical (unpaired) electrons. The van der Waals surface area contributed by atoms with Gasteiger partial charge >= 0.3 is 5.97 Å². The molecule has 18 heavy (non-hydrogen) atoms. The minimum atomic E-state index is -0.370. The summed E-state index contributed by atoms with van der Waals surface area (Å²) in [7, 11) is 1.36. The zero-order valence-electron chi connectivity index (χ0n) is 10.3. The maximum atomic E-state index is 11.5. The molecule has 1 aliphatic carbocycles. The third-order valence-corrected chi connectivity index (χ3v) is 3.63. The molecule has 1 aromatic rings. The van der Waals surface area contributed by atoms with Gasteiger partial charge in [-0.2, -0.15) is 0 Å². The smallest absolute Gasteiger partial charge is 0.337 e. The number of ether oxygens (including phenoxy) is 1. The van der Waals surface area contributed by atoms with E-state index in [1.807, 2.05) is 0 Å². The van der Waals surface area contributed by atoms with E-state index in [1.54, 1.807) is 18.2 Å². The maximum Gasteiger partial charge on any atom is 0.337 e. The van der Waals surface area contributed by atoms with Crippen molar-refractivity contribution in [2.24, 2.45) is 5.73 Å². The van der Waals surface area contributed by atoms with Crippen molar-refractivity contribution in [1.29, 1.82) is 0 Å². The topological polar surface area (TPSA) is 64.3 Å². The Hall–Kier alpha value is -1.26. The lowest BCUT2D eigenvalue weighted by atomic mass is 10.1. The van der Waals surface area contributed by atoms with Crippen LogP contribution in [0.1, 0.15) is 29.6 Å². The summed E-state index contributed by atoms with van der Waals surface area (Å²) < 4.78 is 4.69. The van der Waals surface area contributed by atoms with Crippen LogP contribution in [0.3, 0.4) is 0 Å². The van der Waals surface area contributed by atoms with E-state index in [-0.39, 0.29) is 18.1 Å². The number of hydrogen-bond acceptors (Lipinski definition) is 4. The SMILES string of the molecule is COC(=O)c1ccc(Cl)c(NC2CCCC2N)c1. The number of halogens is 1. The molecule has 0 bridgehead atoms. The molecule has 3 N–H and O–H groups in total. The van der Waals surface area contributed by atoms with Gasteiger partial charge in [0.25, 0.3) is 0 Å². The predicted octanol–water partition coefficient (Wildman–Crippen LogP) is 2.42. The molecule has 0 amide bonds. The van der Waals surface area contributed by atoms with Crippen LogP contribution in [0.25, 0.3) is 0 Å². The Morgan fingerprint density at radius 2 is 2.28 bits per heavy atom. The molecule has 98 valence electrons. The first-order chi connectivity index (χ1) is 8.61. The number of rotatable bonds is 3. The van der Waals surface area contributed by atoms with E-state index in [2.05, 4.69) is 10.1 Å². The highest BCUT2D eigenvalue weighted by Gasteiger charge is 2.24. The standard InChI is InChI=1S/C13H17ClN2O2/c1-18-13(17)8-5-6-9(14)12(7-8)16-11-4-2-3-10(11)15/h5-7,10-11,16H,2-4,15H2,1H3. The summed E-state index contributed by atoms with van der Waals surface area (Å²) in [4.78, 5) is 11.5. The molecule has 0 spiro atoms. The molecule has 4 nitrogen and oxygen atoms in total. The number of nitrogens with two attached hydrogens (primary N) is 1. The van der Waals surface area contributed by atoms with Crippen molar-refractivity contribution in [2.45, 2.75) is 31.3 Å². The highest BCUT2D eigenvalue weighted by Crippen LogP contribution is 2.28. The van der Waals surface area contributed by atoms with E-state index in [9.17, 15) is 4.79 Å². The fourth-order valence-corrected chi connectivity index (χ4v) is 2.42. The average molecular weight is 269 g/mol. The lowest BCUT2D eigenvalue weighted by molar-refractivity contribution is 0.0601. The molecule has 0 saturated heterocycles. The number of nitrogens with one attached hydrogen (secondary N) is 1. The maximum absolute atomic E-state index is 11.5. The molecule has 1 saturated carbocycles. The number of carbonyl (C=O) groups excluding carboxylic acids is 1. The molecule has 2 unspecified atom stereocenters. The van der Waals surface area contributed by atoms with E-state index < -0.39 is 0 Å². The van der Waals surface area contributed by atoms with Gasteiger partial charge in [0.05, 0.1) is 23.4 Å². The van der Waals surface area contributed by atoms with Gasteiger partial charge in [-0.1, -0.05) is 11.6 Å². The molecular formula is C13H17ClN2O2. The van der Waals surface area contributed by atoms with E-state index >= 15 is 0 Å². The number of carbonyl (C=O) groups is 1. The molecule has 1 aliphatic rings. The summed E-state index contributed by atoms with van der Waals surface area (Å²) in [6.07, 6.45) is 3.17. The molecule has 0 heterocycles. The van der Waals surface area contributed by atoms with Gasteiger partial charge in [-0.25, -0.2) is 4.79 Å². The van der Waals surface area contributed by atoms with Gasteiger partial charge in [0.1, 0.15) is 0 Å². The number of anilines is 1. The van der Waals surface area contributed by atoms with Crippen LogP contribution in [0, 0.1) is 0 Å². The number of esters is 1. The van der Waals surface area contributed by atoms with Crippen molar-refractivity contribution in [2.75, 3.05) is 12.4 Å². The van der Waals surface area contributed by atoms with Crippen LogP contribution in [0.2, 0.25) is 5.02 Å². The van der Waals surface area contributed by atoms with E-state index in [0.717, 1.165) is 24.9 Å². The molecular weight excluding hydrogens is 252 g/mol. The van der Waals surface area contributed by atoms with Crippen LogP contribution in [-0.2, 0) is 4.74 Å². The third kappa shape index (κ3) is 2.76. The van der Waals surface area contributed by atoms with Gasteiger partial charge in [0, 0.05) is 12.1 Å². The van der Waals surface area contributed by atoms with Gasteiger partial charge in [-0.15, -0.1) is 0 Å². The number of methoxy groups -OCH3 is 1. The zero-order valence-corrected chi connectivity index (χ0v) is 11.0. The van der Waals surface area contributed by atoms with Gasteiger partial charge in [0.2, 0.25) is 0 Å². The summed E-state index contributed by atoms with van der Waals surface area (Å²) in [6, 6.07) is 5.40. The zero-order chi connectivity index (χ0) is 13.1. The molecule has 0 aliphatic heterocycles. The van der Waals surface area contributed by atoms with Crippen molar-refractivity contribution in [1.82, 2.24) is 0 Å². The molecule has 2 rings (SSSR count). The first-order valence-electron chi connectivity index (χ1n) is 6.02. The lowest BCUT2D eigenvalue weighted by Crippen LogP contribution is -2.35. The van der Waals surface area contributed by atoms with Gasteiger partial charge in [0.15, 0.2) is 0 Å². The summed E-state index contributed by atoms with van der Waals surface area (Å²) in [6.45, 7) is 0. The van der Waals surface area contributed by atoms with Crippen molar-refractivity contribution < 1.29 is 9.53 Å². The highest BCUT2D eigenvalue weighted by atomic mass is 35.5. The Balaban J connectivity index is 2.18. The quantitative estimate of drug-likeness (QED) is 0.827. The van der Waals surface area contributed by atoms with Gasteiger partial charge < -0.3 is 15.8 Å². The van der Waals surface area contributed by atoms with Crippen molar-refractivity contribution in [3.8, 4) is 0 Å². The summed E-state index contributed by atoms with van der Waals surface area (Å²) in [5, 5.41) is 3.90. The third-order valence-electron chi connectivity index (χ3n) is 3.30. The second-order valence-electron chi connectivity index (χ2n) is 4.53. The van der Waals surface area contributed by atoms with Crippen molar-refractivity contribution in [3.05, 3.63) is 28.8 Å². The molecule has 1 fully saturated rings. The first kappa shape index (κ1) is 13.2. The lowest BCUT2D eigenvalue weighted by Gasteiger charge is -2.19.